The lowest BCUT2D eigenvalue weighted by Gasteiger charge is -2.34. The number of amides is 2. The fourth-order valence-electron chi connectivity index (χ4n) is 2.18. The highest BCUT2D eigenvalue weighted by atomic mass is 35.5. The number of hydrogen-bond donors (Lipinski definition) is 0. The summed E-state index contributed by atoms with van der Waals surface area (Å²) < 4.78 is 12.8. The van der Waals surface area contributed by atoms with Crippen LogP contribution in [-0.2, 0) is 16.0 Å². The molecule has 2 amide bonds. The lowest BCUT2D eigenvalue weighted by atomic mass is 10.1. The first kappa shape index (κ1) is 14.8. The van der Waals surface area contributed by atoms with Gasteiger partial charge >= 0.3 is 0 Å². The van der Waals surface area contributed by atoms with Crippen molar-refractivity contribution < 1.29 is 14.0 Å². The summed E-state index contributed by atoms with van der Waals surface area (Å²) in [5, 5.41) is 0. The Bertz CT molecular complexity index is 484. The summed E-state index contributed by atoms with van der Waals surface area (Å²) in [4.78, 5) is 26.9. The zero-order valence-electron chi connectivity index (χ0n) is 11.0. The average molecular weight is 299 g/mol. The largest absolute Gasteiger partial charge is 0.339 e. The lowest BCUT2D eigenvalue weighted by Crippen LogP contribution is -2.51. The molecule has 1 aliphatic heterocycles. The number of hydrogen-bond acceptors (Lipinski definition) is 2. The van der Waals surface area contributed by atoms with E-state index in [2.05, 4.69) is 0 Å². The average Bonchev–Trinajstić information content (AvgIpc) is 2.49. The molecule has 0 atom stereocenters. The van der Waals surface area contributed by atoms with Gasteiger partial charge in [0.25, 0.3) is 0 Å². The van der Waals surface area contributed by atoms with E-state index >= 15 is 0 Å². The molecule has 20 heavy (non-hydrogen) atoms. The molecule has 108 valence electrons. The minimum Gasteiger partial charge on any atom is -0.339 e. The number of benzene rings is 1. The number of piperazine rings is 1. The number of alkyl halides is 1. The molecule has 1 heterocycles. The van der Waals surface area contributed by atoms with Gasteiger partial charge in [0.05, 0.1) is 6.42 Å². The van der Waals surface area contributed by atoms with Crippen molar-refractivity contribution in [2.24, 2.45) is 0 Å². The van der Waals surface area contributed by atoms with Crippen LogP contribution in [0.2, 0.25) is 0 Å². The Kier molecular flexibility index (Phi) is 4.95. The first-order valence-corrected chi connectivity index (χ1v) is 6.99. The van der Waals surface area contributed by atoms with Crippen LogP contribution in [0.15, 0.2) is 24.3 Å². The van der Waals surface area contributed by atoms with Gasteiger partial charge in [-0.2, -0.15) is 0 Å². The highest BCUT2D eigenvalue weighted by Crippen LogP contribution is 2.08. The fourth-order valence-corrected chi connectivity index (χ4v) is 2.35. The third-order valence-corrected chi connectivity index (χ3v) is 3.60. The maximum Gasteiger partial charge on any atom is 0.237 e. The van der Waals surface area contributed by atoms with E-state index in [4.69, 9.17) is 11.6 Å². The van der Waals surface area contributed by atoms with Gasteiger partial charge in [-0.25, -0.2) is 4.39 Å². The van der Waals surface area contributed by atoms with Crippen molar-refractivity contribution in [2.75, 3.05) is 32.1 Å². The van der Waals surface area contributed by atoms with E-state index in [1.54, 1.807) is 21.9 Å². The molecule has 0 bridgehead atoms. The molecule has 1 fully saturated rings. The van der Waals surface area contributed by atoms with Gasteiger partial charge < -0.3 is 9.80 Å². The molecule has 4 nitrogen and oxygen atoms in total. The van der Waals surface area contributed by atoms with Crippen molar-refractivity contribution in [1.82, 2.24) is 9.80 Å². The lowest BCUT2D eigenvalue weighted by molar-refractivity contribution is -0.137. The highest BCUT2D eigenvalue weighted by Gasteiger charge is 2.23. The van der Waals surface area contributed by atoms with Crippen LogP contribution in [0.25, 0.3) is 0 Å². The fraction of sp³-hybridized carbons (Fsp3) is 0.429. The van der Waals surface area contributed by atoms with Gasteiger partial charge in [0.1, 0.15) is 11.7 Å². The Morgan fingerprint density at radius 1 is 1.00 bits per heavy atom. The molecule has 0 unspecified atom stereocenters. The van der Waals surface area contributed by atoms with Crippen LogP contribution in [-0.4, -0.2) is 53.7 Å². The topological polar surface area (TPSA) is 40.6 Å². The van der Waals surface area contributed by atoms with Crippen LogP contribution >= 0.6 is 11.6 Å². The number of rotatable bonds is 3. The zero-order valence-corrected chi connectivity index (χ0v) is 11.8. The van der Waals surface area contributed by atoms with E-state index in [0.717, 1.165) is 5.56 Å². The predicted octanol–water partition coefficient (Wildman–Crippen LogP) is 1.28. The summed E-state index contributed by atoms with van der Waals surface area (Å²) in [6, 6.07) is 5.92. The normalized spacial score (nSPS) is 15.3. The minimum absolute atomic E-state index is 0.00502. The van der Waals surface area contributed by atoms with Crippen LogP contribution < -0.4 is 0 Å². The molecule has 1 saturated heterocycles. The Hall–Kier alpha value is -1.62. The molecule has 0 aliphatic carbocycles. The van der Waals surface area contributed by atoms with Crippen LogP contribution in [0.5, 0.6) is 0 Å². The highest BCUT2D eigenvalue weighted by molar-refractivity contribution is 6.27. The van der Waals surface area contributed by atoms with Crippen molar-refractivity contribution in [3.8, 4) is 0 Å². The second-order valence-electron chi connectivity index (χ2n) is 4.70. The SMILES string of the molecule is O=C(CCl)N1CCN(C(=O)Cc2ccc(F)cc2)CC1. The smallest absolute Gasteiger partial charge is 0.237 e. The molecule has 1 aromatic carbocycles. The van der Waals surface area contributed by atoms with Gasteiger partial charge in [-0.1, -0.05) is 12.1 Å². The standard InChI is InChI=1S/C14H16ClFN2O2/c15-10-14(20)18-7-5-17(6-8-18)13(19)9-11-1-3-12(16)4-2-11/h1-4H,5-10H2. The number of halogens is 2. The number of carbonyl (C=O) groups excluding carboxylic acids is 2. The molecular weight excluding hydrogens is 283 g/mol. The molecule has 0 N–H and O–H groups in total. The minimum atomic E-state index is -0.311. The molecule has 1 aliphatic rings. The molecule has 6 heteroatoms. The molecule has 0 saturated carbocycles. The van der Waals surface area contributed by atoms with Gasteiger partial charge in [0.2, 0.25) is 11.8 Å². The van der Waals surface area contributed by atoms with Crippen LogP contribution in [0, 0.1) is 5.82 Å². The predicted molar refractivity (Wildman–Crippen MR) is 74.0 cm³/mol. The first-order chi connectivity index (χ1) is 9.60. The maximum absolute atomic E-state index is 12.8. The number of carbonyl (C=O) groups is 2. The summed E-state index contributed by atoms with van der Waals surface area (Å²) in [6.07, 6.45) is 0.254. The maximum atomic E-state index is 12.8. The van der Waals surface area contributed by atoms with Crippen molar-refractivity contribution in [3.05, 3.63) is 35.6 Å². The Balaban J connectivity index is 1.85. The van der Waals surface area contributed by atoms with E-state index < -0.39 is 0 Å². The van der Waals surface area contributed by atoms with Gasteiger partial charge in [-0.3, -0.25) is 9.59 Å². The summed E-state index contributed by atoms with van der Waals surface area (Å²) in [5.74, 6) is -0.440. The Morgan fingerprint density at radius 3 is 2.00 bits per heavy atom. The first-order valence-electron chi connectivity index (χ1n) is 6.46. The van der Waals surface area contributed by atoms with Gasteiger partial charge in [-0.15, -0.1) is 11.6 Å². The molecule has 1 aromatic rings. The van der Waals surface area contributed by atoms with Crippen LogP contribution in [0.4, 0.5) is 4.39 Å². The quantitative estimate of drug-likeness (QED) is 0.789. The number of nitrogens with zero attached hydrogens (tertiary/aromatic N) is 2. The monoisotopic (exact) mass is 298 g/mol. The van der Waals surface area contributed by atoms with E-state index in [9.17, 15) is 14.0 Å². The van der Waals surface area contributed by atoms with Gasteiger partial charge in [-0.05, 0) is 17.7 Å². The van der Waals surface area contributed by atoms with Crippen molar-refractivity contribution in [2.45, 2.75) is 6.42 Å². The van der Waals surface area contributed by atoms with E-state index in [0.29, 0.717) is 26.2 Å². The zero-order chi connectivity index (χ0) is 14.5. The van der Waals surface area contributed by atoms with E-state index in [-0.39, 0.29) is 29.9 Å². The molecule has 0 radical (unpaired) electrons. The third-order valence-electron chi connectivity index (χ3n) is 3.37. The third kappa shape index (κ3) is 3.70. The van der Waals surface area contributed by atoms with Crippen molar-refractivity contribution in [1.29, 1.82) is 0 Å². The summed E-state index contributed by atoms with van der Waals surface area (Å²) in [6.45, 7) is 2.06. The van der Waals surface area contributed by atoms with Gasteiger partial charge in [0.15, 0.2) is 0 Å². The molecule has 0 spiro atoms. The van der Waals surface area contributed by atoms with E-state index in [1.165, 1.54) is 12.1 Å². The van der Waals surface area contributed by atoms with E-state index in [1.807, 2.05) is 0 Å². The van der Waals surface area contributed by atoms with Crippen molar-refractivity contribution >= 4 is 23.4 Å². The Morgan fingerprint density at radius 2 is 1.50 bits per heavy atom. The summed E-state index contributed by atoms with van der Waals surface area (Å²) in [7, 11) is 0. The summed E-state index contributed by atoms with van der Waals surface area (Å²) in [5.41, 5.74) is 0.788. The summed E-state index contributed by atoms with van der Waals surface area (Å²) >= 11 is 5.50. The molecular formula is C14H16ClFN2O2. The Labute approximate surface area is 122 Å². The van der Waals surface area contributed by atoms with Gasteiger partial charge in [0, 0.05) is 26.2 Å². The molecule has 2 rings (SSSR count). The van der Waals surface area contributed by atoms with Crippen LogP contribution in [0.3, 0.4) is 0 Å². The second kappa shape index (κ2) is 6.70. The second-order valence-corrected chi connectivity index (χ2v) is 4.97. The molecule has 0 aromatic heterocycles. The van der Waals surface area contributed by atoms with Crippen LogP contribution in [0.1, 0.15) is 5.56 Å². The van der Waals surface area contributed by atoms with Crippen molar-refractivity contribution in [3.63, 3.8) is 0 Å².